The number of fused-ring (bicyclic) bond motifs is 1. The van der Waals surface area contributed by atoms with Crippen molar-refractivity contribution in [3.05, 3.63) is 66.0 Å². The number of anilines is 1. The summed E-state index contributed by atoms with van der Waals surface area (Å²) in [5, 5.41) is 22.8. The summed E-state index contributed by atoms with van der Waals surface area (Å²) in [5.74, 6) is -7.29. The number of amides is 7. The number of rotatable bonds is 23. The van der Waals surface area contributed by atoms with Gasteiger partial charge in [-0.2, -0.15) is 0 Å². The zero-order valence-electron chi connectivity index (χ0n) is 36.3. The topological polar surface area (TPSA) is 336 Å². The molecule has 1 saturated heterocycles. The maximum absolute atomic E-state index is 14.0. The van der Waals surface area contributed by atoms with E-state index in [1.54, 1.807) is 70.2 Å². The van der Waals surface area contributed by atoms with Crippen LogP contribution in [0.2, 0.25) is 0 Å². The number of carbonyl (C=O) groups is 8. The summed E-state index contributed by atoms with van der Waals surface area (Å²) >= 11 is 0. The minimum atomic E-state index is -1.69. The molecule has 64 heavy (non-hydrogen) atoms. The molecule has 21 heteroatoms. The lowest BCUT2D eigenvalue weighted by Crippen LogP contribution is -2.60. The lowest BCUT2D eigenvalue weighted by Gasteiger charge is -2.33. The van der Waals surface area contributed by atoms with Gasteiger partial charge >= 0.3 is 5.97 Å². The molecule has 7 atom stereocenters. The number of aliphatic carboxylic acids is 1. The number of carboxylic acid groups (broad SMARTS) is 1. The third-order valence-corrected chi connectivity index (χ3v) is 11.0. The Balaban J connectivity index is 1.40. The predicted octanol–water partition coefficient (Wildman–Crippen LogP) is 0.0705. The van der Waals surface area contributed by atoms with Gasteiger partial charge in [-0.1, -0.05) is 64.8 Å². The first-order valence-electron chi connectivity index (χ1n) is 21.1. The molecule has 4 rings (SSSR count). The van der Waals surface area contributed by atoms with E-state index >= 15 is 0 Å². The summed E-state index contributed by atoms with van der Waals surface area (Å²) < 4.78 is 0. The van der Waals surface area contributed by atoms with Crippen molar-refractivity contribution < 1.29 is 43.5 Å². The molecule has 1 fully saturated rings. The molecule has 1 aromatic heterocycles. The van der Waals surface area contributed by atoms with Crippen LogP contribution >= 0.6 is 0 Å². The Morgan fingerprint density at radius 2 is 1.50 bits per heavy atom. The number of aromatic nitrogens is 2. The molecule has 21 nitrogen and oxygen atoms in total. The van der Waals surface area contributed by atoms with Gasteiger partial charge in [0.15, 0.2) is 5.96 Å². The van der Waals surface area contributed by atoms with E-state index in [-0.39, 0.29) is 56.3 Å². The third kappa shape index (κ3) is 13.9. The van der Waals surface area contributed by atoms with Crippen LogP contribution in [-0.2, 0) is 40.0 Å². The van der Waals surface area contributed by atoms with Crippen LogP contribution in [0.25, 0.3) is 11.0 Å². The van der Waals surface area contributed by atoms with Crippen LogP contribution in [0.5, 0.6) is 0 Å². The van der Waals surface area contributed by atoms with Crippen LogP contribution < -0.4 is 43.8 Å². The largest absolute Gasteiger partial charge is 0.481 e. The van der Waals surface area contributed by atoms with Gasteiger partial charge in [-0.3, -0.25) is 48.3 Å². The van der Waals surface area contributed by atoms with Crippen molar-refractivity contribution >= 4 is 70.0 Å². The van der Waals surface area contributed by atoms with Gasteiger partial charge in [-0.25, -0.2) is 4.98 Å². The molecule has 0 spiro atoms. The van der Waals surface area contributed by atoms with Crippen molar-refractivity contribution in [2.24, 2.45) is 34.0 Å². The number of primary amides is 1. The quantitative estimate of drug-likeness (QED) is 0.0346. The second kappa shape index (κ2) is 23.3. The SMILES string of the molecule is CCC(C)C(NC(=O)C(CCCN=C(N)N)NC(=O)C(CC(=O)O)NC(=O)C(C(C)CC)N1CCC(NC(=O)Cc2ccc(NC(=O)c3cnc4ccccc4n3)cc2)C1=O)C(N)=O. The van der Waals surface area contributed by atoms with E-state index in [4.69, 9.17) is 17.2 Å². The van der Waals surface area contributed by atoms with Crippen molar-refractivity contribution in [2.75, 3.05) is 18.4 Å². The normalized spacial score (nSPS) is 16.3. The van der Waals surface area contributed by atoms with Gasteiger partial charge in [0.1, 0.15) is 35.9 Å². The van der Waals surface area contributed by atoms with Gasteiger partial charge in [0.2, 0.25) is 35.4 Å². The molecule has 0 radical (unpaired) electrons. The van der Waals surface area contributed by atoms with E-state index in [1.165, 1.54) is 11.1 Å². The Hall–Kier alpha value is -7.19. The molecule has 12 N–H and O–H groups in total. The first kappa shape index (κ1) is 49.5. The van der Waals surface area contributed by atoms with Crippen molar-refractivity contribution in [3.63, 3.8) is 0 Å². The number of carbonyl (C=O) groups excluding carboxylic acids is 7. The monoisotopic (exact) mass is 886 g/mol. The molecule has 2 heterocycles. The van der Waals surface area contributed by atoms with Crippen LogP contribution in [0.4, 0.5) is 5.69 Å². The number of hydrogen-bond donors (Lipinski definition) is 9. The molecule has 1 aliphatic heterocycles. The zero-order chi connectivity index (χ0) is 47.1. The van der Waals surface area contributed by atoms with E-state index in [2.05, 4.69) is 41.5 Å². The molecule has 7 unspecified atom stereocenters. The highest BCUT2D eigenvalue weighted by Gasteiger charge is 2.43. The molecular formula is C43H58N12O9. The van der Waals surface area contributed by atoms with Crippen molar-refractivity contribution in [2.45, 2.75) is 103 Å². The van der Waals surface area contributed by atoms with Crippen molar-refractivity contribution in [1.82, 2.24) is 36.1 Å². The van der Waals surface area contributed by atoms with E-state index in [0.717, 1.165) is 0 Å². The van der Waals surface area contributed by atoms with Crippen molar-refractivity contribution in [1.29, 1.82) is 0 Å². The molecule has 0 saturated carbocycles. The van der Waals surface area contributed by atoms with Gasteiger partial charge in [0.05, 0.1) is 30.1 Å². The number of benzene rings is 2. The summed E-state index contributed by atoms with van der Waals surface area (Å²) in [6.07, 6.45) is 1.65. The van der Waals surface area contributed by atoms with Gasteiger partial charge in [0, 0.05) is 18.8 Å². The smallest absolute Gasteiger partial charge is 0.305 e. The number of guanidine groups is 1. The van der Waals surface area contributed by atoms with Crippen LogP contribution in [0, 0.1) is 11.8 Å². The zero-order valence-corrected chi connectivity index (χ0v) is 36.3. The van der Waals surface area contributed by atoms with Gasteiger partial charge in [-0.15, -0.1) is 0 Å². The van der Waals surface area contributed by atoms with Crippen LogP contribution in [-0.4, -0.2) is 117 Å². The van der Waals surface area contributed by atoms with Crippen LogP contribution in [0.15, 0.2) is 59.7 Å². The molecule has 7 amide bonds. The summed E-state index contributed by atoms with van der Waals surface area (Å²) in [6, 6.07) is 7.53. The number of carboxylic acids is 1. The van der Waals surface area contributed by atoms with Crippen LogP contribution in [0.3, 0.4) is 0 Å². The fourth-order valence-electron chi connectivity index (χ4n) is 7.11. The molecule has 0 bridgehead atoms. The Bertz CT molecular complexity index is 2220. The molecule has 1 aliphatic rings. The van der Waals surface area contributed by atoms with E-state index in [9.17, 15) is 43.5 Å². The lowest BCUT2D eigenvalue weighted by molar-refractivity contribution is -0.144. The second-order valence-electron chi connectivity index (χ2n) is 15.8. The minimum absolute atomic E-state index is 0.0365. The molecule has 2 aromatic carbocycles. The van der Waals surface area contributed by atoms with Gasteiger partial charge < -0.3 is 53.8 Å². The average Bonchev–Trinajstić information content (AvgIpc) is 3.60. The summed E-state index contributed by atoms with van der Waals surface area (Å²) in [7, 11) is 0. The number of nitrogens with two attached hydrogens (primary N) is 3. The second-order valence-corrected chi connectivity index (χ2v) is 15.8. The number of nitrogens with one attached hydrogen (secondary N) is 5. The van der Waals surface area contributed by atoms with Gasteiger partial charge in [-0.05, 0) is 60.9 Å². The Morgan fingerprint density at radius 3 is 2.12 bits per heavy atom. The highest BCUT2D eigenvalue weighted by Crippen LogP contribution is 2.23. The fourth-order valence-corrected chi connectivity index (χ4v) is 7.11. The first-order valence-corrected chi connectivity index (χ1v) is 21.1. The number of para-hydroxylation sites is 2. The van der Waals surface area contributed by atoms with Crippen molar-refractivity contribution in [3.8, 4) is 0 Å². The average molecular weight is 887 g/mol. The fraction of sp³-hybridized carbons (Fsp3) is 0.465. The van der Waals surface area contributed by atoms with Gasteiger partial charge in [0.25, 0.3) is 5.91 Å². The number of hydrogen-bond acceptors (Lipinski definition) is 11. The first-order chi connectivity index (χ1) is 30.4. The van der Waals surface area contributed by atoms with E-state index in [0.29, 0.717) is 35.1 Å². The molecule has 0 aliphatic carbocycles. The molecular weight excluding hydrogens is 829 g/mol. The highest BCUT2D eigenvalue weighted by molar-refractivity contribution is 6.03. The number of likely N-dealkylation sites (tertiary alicyclic amines) is 1. The van der Waals surface area contributed by atoms with E-state index in [1.807, 2.05) is 6.07 Å². The standard InChI is InChI=1S/C43H58N12O9/c1-5-23(3)35(37(44)59)54-38(60)29(12-9-18-47-43(45)46)52-39(61)31(21-34(57)58)53-41(63)36(24(4)6-2)55-19-17-30(42(55)64)51-33(56)20-25-13-15-26(16-14-25)49-40(62)32-22-48-27-10-7-8-11-28(27)50-32/h7-8,10-11,13-16,22-24,29-31,35-36H,5-6,9,12,17-21H2,1-4H3,(H2,44,59)(H,49,62)(H,51,56)(H,52,61)(H,53,63)(H,54,60)(H,57,58)(H4,45,46,47). The molecule has 344 valence electrons. The maximum Gasteiger partial charge on any atom is 0.305 e. The highest BCUT2D eigenvalue weighted by atomic mass is 16.4. The lowest BCUT2D eigenvalue weighted by atomic mass is 9.96. The Morgan fingerprint density at radius 1 is 0.859 bits per heavy atom. The summed E-state index contributed by atoms with van der Waals surface area (Å²) in [6.45, 7) is 7.20. The summed E-state index contributed by atoms with van der Waals surface area (Å²) in [4.78, 5) is 119. The van der Waals surface area contributed by atoms with E-state index < -0.39 is 89.9 Å². The minimum Gasteiger partial charge on any atom is -0.481 e. The summed E-state index contributed by atoms with van der Waals surface area (Å²) in [5.41, 5.74) is 18.8. The number of aliphatic imine (C=N–C) groups is 1. The Labute approximate surface area is 370 Å². The third-order valence-electron chi connectivity index (χ3n) is 11.0. The Kier molecular flexibility index (Phi) is 18.0. The molecule has 3 aromatic rings. The number of nitrogens with zero attached hydrogens (tertiary/aromatic N) is 4. The van der Waals surface area contributed by atoms with Crippen LogP contribution in [0.1, 0.15) is 82.3 Å². The predicted molar refractivity (Wildman–Crippen MR) is 236 cm³/mol. The maximum atomic E-state index is 14.0.